The van der Waals surface area contributed by atoms with Gasteiger partial charge in [-0.15, -0.1) is 10.2 Å². The molecule has 0 radical (unpaired) electrons. The minimum atomic E-state index is -0.197. The van der Waals surface area contributed by atoms with Crippen LogP contribution in [0.15, 0.2) is 60.9 Å². The summed E-state index contributed by atoms with van der Waals surface area (Å²) in [5.41, 5.74) is 2.25. The van der Waals surface area contributed by atoms with Crippen molar-refractivity contribution >= 4 is 5.91 Å². The second kappa shape index (κ2) is 8.10. The average molecular weight is 336 g/mol. The molecule has 0 atom stereocenters. The second-order valence-electron chi connectivity index (χ2n) is 5.69. The van der Waals surface area contributed by atoms with Crippen LogP contribution in [-0.4, -0.2) is 27.3 Å². The van der Waals surface area contributed by atoms with Gasteiger partial charge in [0.1, 0.15) is 12.1 Å². The van der Waals surface area contributed by atoms with Gasteiger partial charge in [-0.3, -0.25) is 4.79 Å². The van der Waals surface area contributed by atoms with Gasteiger partial charge in [0, 0.05) is 13.5 Å². The Morgan fingerprint density at radius 2 is 1.88 bits per heavy atom. The van der Waals surface area contributed by atoms with Gasteiger partial charge in [0.2, 0.25) is 0 Å². The van der Waals surface area contributed by atoms with Gasteiger partial charge in [-0.1, -0.05) is 48.5 Å². The number of carbonyl (C=O) groups excluding carboxylic acids is 1. The lowest BCUT2D eigenvalue weighted by molar-refractivity contribution is -0.123. The zero-order chi connectivity index (χ0) is 17.5. The number of hydrogen-bond donors (Lipinski definition) is 1. The summed E-state index contributed by atoms with van der Waals surface area (Å²) in [7, 11) is 1.83. The van der Waals surface area contributed by atoms with E-state index in [4.69, 9.17) is 4.74 Å². The largest absolute Gasteiger partial charge is 0.483 e. The highest BCUT2D eigenvalue weighted by molar-refractivity contribution is 5.77. The first-order valence-electron chi connectivity index (χ1n) is 8.06. The Balaban J connectivity index is 1.56. The second-order valence-corrected chi connectivity index (χ2v) is 5.69. The quantitative estimate of drug-likeness (QED) is 0.717. The molecule has 25 heavy (non-hydrogen) atoms. The molecule has 0 saturated carbocycles. The van der Waals surface area contributed by atoms with Crippen LogP contribution in [0.4, 0.5) is 0 Å². The molecule has 0 unspecified atom stereocenters. The fraction of sp³-hybridized carbons (Fsp3) is 0.211. The van der Waals surface area contributed by atoms with Crippen molar-refractivity contribution in [2.75, 3.05) is 6.61 Å². The van der Waals surface area contributed by atoms with E-state index in [9.17, 15) is 4.79 Å². The summed E-state index contributed by atoms with van der Waals surface area (Å²) in [6, 6.07) is 17.9. The molecule has 128 valence electrons. The minimum Gasteiger partial charge on any atom is -0.483 e. The Bertz CT molecular complexity index is 830. The van der Waals surface area contributed by atoms with E-state index in [2.05, 4.69) is 27.6 Å². The van der Waals surface area contributed by atoms with Gasteiger partial charge >= 0.3 is 0 Å². The molecule has 0 saturated heterocycles. The normalized spacial score (nSPS) is 10.4. The summed E-state index contributed by atoms with van der Waals surface area (Å²) in [6.07, 6.45) is 2.36. The number of carbonyl (C=O) groups is 1. The summed E-state index contributed by atoms with van der Waals surface area (Å²) in [4.78, 5) is 12.0. The number of benzene rings is 2. The molecule has 1 amide bonds. The summed E-state index contributed by atoms with van der Waals surface area (Å²) in [5.74, 6) is 1.22. The molecular weight excluding hydrogens is 316 g/mol. The third kappa shape index (κ3) is 4.67. The predicted molar refractivity (Wildman–Crippen MR) is 94.0 cm³/mol. The van der Waals surface area contributed by atoms with Crippen molar-refractivity contribution in [2.45, 2.75) is 13.0 Å². The highest BCUT2D eigenvalue weighted by Crippen LogP contribution is 2.21. The fourth-order valence-electron chi connectivity index (χ4n) is 2.45. The molecule has 3 aromatic rings. The van der Waals surface area contributed by atoms with Crippen LogP contribution in [0, 0.1) is 0 Å². The molecule has 0 aliphatic carbocycles. The summed E-state index contributed by atoms with van der Waals surface area (Å²) in [6.45, 7) is 0.286. The first-order chi connectivity index (χ1) is 12.2. The Morgan fingerprint density at radius 3 is 2.64 bits per heavy atom. The SMILES string of the molecule is Cn1cnnc1CNC(=O)COc1ccccc1Cc1ccccc1. The van der Waals surface area contributed by atoms with E-state index in [0.29, 0.717) is 12.4 Å². The lowest BCUT2D eigenvalue weighted by Gasteiger charge is -2.11. The molecule has 1 N–H and O–H groups in total. The smallest absolute Gasteiger partial charge is 0.258 e. The number of nitrogens with zero attached hydrogens (tertiary/aromatic N) is 3. The highest BCUT2D eigenvalue weighted by atomic mass is 16.5. The van der Waals surface area contributed by atoms with Crippen LogP contribution in [0.5, 0.6) is 5.75 Å². The molecular formula is C19H20N4O2. The van der Waals surface area contributed by atoms with E-state index in [1.165, 1.54) is 5.56 Å². The van der Waals surface area contributed by atoms with Gasteiger partial charge in [-0.2, -0.15) is 0 Å². The maximum absolute atomic E-state index is 12.0. The van der Waals surface area contributed by atoms with E-state index in [0.717, 1.165) is 17.7 Å². The van der Waals surface area contributed by atoms with Crippen molar-refractivity contribution in [1.82, 2.24) is 20.1 Å². The number of para-hydroxylation sites is 1. The van der Waals surface area contributed by atoms with E-state index in [1.807, 2.05) is 49.5 Å². The molecule has 0 aliphatic rings. The lowest BCUT2D eigenvalue weighted by Crippen LogP contribution is -2.29. The lowest BCUT2D eigenvalue weighted by atomic mass is 10.0. The van der Waals surface area contributed by atoms with Crippen molar-refractivity contribution < 1.29 is 9.53 Å². The van der Waals surface area contributed by atoms with Crippen molar-refractivity contribution in [2.24, 2.45) is 7.05 Å². The Hall–Kier alpha value is -3.15. The van der Waals surface area contributed by atoms with Crippen molar-refractivity contribution in [3.63, 3.8) is 0 Å². The number of amides is 1. The van der Waals surface area contributed by atoms with Gasteiger partial charge in [-0.05, 0) is 17.2 Å². The Kier molecular flexibility index (Phi) is 5.41. The van der Waals surface area contributed by atoms with Crippen LogP contribution in [0.3, 0.4) is 0 Å². The van der Waals surface area contributed by atoms with E-state index >= 15 is 0 Å². The van der Waals surface area contributed by atoms with Gasteiger partial charge in [-0.25, -0.2) is 0 Å². The maximum atomic E-state index is 12.0. The van der Waals surface area contributed by atoms with Crippen LogP contribution in [0.2, 0.25) is 0 Å². The third-order valence-corrected chi connectivity index (χ3v) is 3.82. The first-order valence-corrected chi connectivity index (χ1v) is 8.06. The van der Waals surface area contributed by atoms with Gasteiger partial charge in [0.25, 0.3) is 5.91 Å². The molecule has 6 heteroatoms. The Labute approximate surface area is 146 Å². The van der Waals surface area contributed by atoms with Crippen LogP contribution in [-0.2, 0) is 24.8 Å². The number of hydrogen-bond acceptors (Lipinski definition) is 4. The third-order valence-electron chi connectivity index (χ3n) is 3.82. The number of aromatic nitrogens is 3. The van der Waals surface area contributed by atoms with Crippen LogP contribution in [0.1, 0.15) is 17.0 Å². The Morgan fingerprint density at radius 1 is 1.12 bits per heavy atom. The zero-order valence-electron chi connectivity index (χ0n) is 14.1. The number of aryl methyl sites for hydroxylation is 1. The molecule has 0 bridgehead atoms. The number of nitrogens with one attached hydrogen (secondary N) is 1. The van der Waals surface area contributed by atoms with E-state index in [-0.39, 0.29) is 12.5 Å². The van der Waals surface area contributed by atoms with Gasteiger partial charge in [0.15, 0.2) is 12.4 Å². The first kappa shape index (κ1) is 16.7. The van der Waals surface area contributed by atoms with E-state index < -0.39 is 0 Å². The standard InChI is InChI=1S/C19H20N4O2/c1-23-14-21-22-18(23)12-20-19(24)13-25-17-10-6-5-9-16(17)11-15-7-3-2-4-8-15/h2-10,14H,11-13H2,1H3,(H,20,24). The number of rotatable bonds is 7. The average Bonchev–Trinajstić information content (AvgIpc) is 3.05. The molecule has 3 rings (SSSR count). The molecule has 0 spiro atoms. The van der Waals surface area contributed by atoms with Crippen molar-refractivity contribution in [3.05, 3.63) is 77.9 Å². The van der Waals surface area contributed by atoms with Crippen LogP contribution < -0.4 is 10.1 Å². The van der Waals surface area contributed by atoms with E-state index in [1.54, 1.807) is 10.9 Å². The van der Waals surface area contributed by atoms with Gasteiger partial charge < -0.3 is 14.6 Å². The maximum Gasteiger partial charge on any atom is 0.258 e. The summed E-state index contributed by atoms with van der Waals surface area (Å²) in [5, 5.41) is 10.5. The molecule has 0 aliphatic heterocycles. The minimum absolute atomic E-state index is 0.0380. The fourth-order valence-corrected chi connectivity index (χ4v) is 2.45. The monoisotopic (exact) mass is 336 g/mol. The predicted octanol–water partition coefficient (Wildman–Crippen LogP) is 2.10. The summed E-state index contributed by atoms with van der Waals surface area (Å²) >= 11 is 0. The van der Waals surface area contributed by atoms with Crippen LogP contribution >= 0.6 is 0 Å². The van der Waals surface area contributed by atoms with Crippen molar-refractivity contribution in [3.8, 4) is 5.75 Å². The highest BCUT2D eigenvalue weighted by Gasteiger charge is 2.08. The summed E-state index contributed by atoms with van der Waals surface area (Å²) < 4.78 is 7.48. The van der Waals surface area contributed by atoms with Crippen molar-refractivity contribution in [1.29, 1.82) is 0 Å². The van der Waals surface area contributed by atoms with Crippen LogP contribution in [0.25, 0.3) is 0 Å². The van der Waals surface area contributed by atoms with Gasteiger partial charge in [0.05, 0.1) is 6.54 Å². The molecule has 2 aromatic carbocycles. The topological polar surface area (TPSA) is 69.0 Å². The molecule has 1 heterocycles. The molecule has 6 nitrogen and oxygen atoms in total. The molecule has 0 fully saturated rings. The number of ether oxygens (including phenoxy) is 1. The molecule has 1 aromatic heterocycles. The zero-order valence-corrected chi connectivity index (χ0v) is 14.1.